The van der Waals surface area contributed by atoms with Gasteiger partial charge in [0.1, 0.15) is 11.4 Å². The van der Waals surface area contributed by atoms with Crippen molar-refractivity contribution in [2.45, 2.75) is 57.0 Å². The Morgan fingerprint density at radius 2 is 1.92 bits per heavy atom. The predicted octanol–water partition coefficient (Wildman–Crippen LogP) is 3.17. The molecule has 1 saturated heterocycles. The Kier molecular flexibility index (Phi) is 7.45. The van der Waals surface area contributed by atoms with Crippen molar-refractivity contribution in [3.05, 3.63) is 30.0 Å². The first-order valence-corrected chi connectivity index (χ1v) is 13.3. The molecule has 37 heavy (non-hydrogen) atoms. The standard InChI is InChI=1S/C27H37N7O3/c1-32-13-6-7-19(17-32)29-26(36)18-10-11-21(23(15-18)37-3)30-27-28-16-22-25(31-27)34(20-8-4-5-9-20)14-12-24(35)33(22)2/h10-11,15-16,19-20H,4-9,12-14,17H2,1-3H3,(H,29,36)(H,28,30,31)/t19-/m0/s1. The molecule has 1 aromatic heterocycles. The summed E-state index contributed by atoms with van der Waals surface area (Å²) in [7, 11) is 5.45. The van der Waals surface area contributed by atoms with Crippen LogP contribution in [0.25, 0.3) is 0 Å². The van der Waals surface area contributed by atoms with Crippen LogP contribution < -0.4 is 25.2 Å². The number of carbonyl (C=O) groups is 2. The number of nitrogens with zero attached hydrogens (tertiary/aromatic N) is 5. The van der Waals surface area contributed by atoms with Crippen LogP contribution in [0.5, 0.6) is 5.75 Å². The minimum absolute atomic E-state index is 0.0708. The van der Waals surface area contributed by atoms with Gasteiger partial charge >= 0.3 is 0 Å². The highest BCUT2D eigenvalue weighted by Gasteiger charge is 2.31. The van der Waals surface area contributed by atoms with Crippen molar-refractivity contribution in [3.8, 4) is 5.75 Å². The molecule has 2 amide bonds. The third-order valence-corrected chi connectivity index (χ3v) is 7.76. The molecule has 0 bridgehead atoms. The maximum atomic E-state index is 12.9. The van der Waals surface area contributed by atoms with Gasteiger partial charge in [0.2, 0.25) is 11.9 Å². The maximum absolute atomic E-state index is 12.9. The molecular weight excluding hydrogens is 470 g/mol. The van der Waals surface area contributed by atoms with E-state index in [0.29, 0.717) is 42.0 Å². The van der Waals surface area contributed by atoms with Crippen LogP contribution in [-0.2, 0) is 4.79 Å². The van der Waals surface area contributed by atoms with Crippen LogP contribution in [0.4, 0.5) is 23.1 Å². The normalized spacial score (nSPS) is 20.9. The van der Waals surface area contributed by atoms with Crippen LogP contribution in [0.3, 0.4) is 0 Å². The van der Waals surface area contributed by atoms with Crippen molar-refractivity contribution in [1.82, 2.24) is 20.2 Å². The van der Waals surface area contributed by atoms with Crippen LogP contribution in [0.1, 0.15) is 55.3 Å². The van der Waals surface area contributed by atoms with Crippen LogP contribution in [0, 0.1) is 0 Å². The van der Waals surface area contributed by atoms with Gasteiger partial charge in [0.15, 0.2) is 5.82 Å². The third kappa shape index (κ3) is 5.49. The number of ether oxygens (including phenoxy) is 1. The molecule has 1 atom stereocenters. The number of amides is 2. The molecule has 1 saturated carbocycles. The number of aromatic nitrogens is 2. The number of methoxy groups -OCH3 is 1. The second kappa shape index (κ2) is 10.9. The van der Waals surface area contributed by atoms with Crippen LogP contribution >= 0.6 is 0 Å². The summed E-state index contributed by atoms with van der Waals surface area (Å²) in [6.07, 6.45) is 8.86. The summed E-state index contributed by atoms with van der Waals surface area (Å²) in [6.45, 7) is 2.58. The number of carbonyl (C=O) groups excluding carboxylic acids is 2. The van der Waals surface area contributed by atoms with Crippen molar-refractivity contribution in [3.63, 3.8) is 0 Å². The first-order chi connectivity index (χ1) is 17.9. The molecule has 198 valence electrons. The number of hydrogen-bond donors (Lipinski definition) is 2. The van der Waals surface area contributed by atoms with E-state index in [9.17, 15) is 9.59 Å². The van der Waals surface area contributed by atoms with Gasteiger partial charge in [-0.25, -0.2) is 4.98 Å². The predicted molar refractivity (Wildman–Crippen MR) is 144 cm³/mol. The lowest BCUT2D eigenvalue weighted by atomic mass is 10.1. The van der Waals surface area contributed by atoms with E-state index in [1.54, 1.807) is 37.4 Å². The van der Waals surface area contributed by atoms with Gasteiger partial charge in [0.25, 0.3) is 5.91 Å². The zero-order valence-electron chi connectivity index (χ0n) is 22.0. The monoisotopic (exact) mass is 507 g/mol. The highest BCUT2D eigenvalue weighted by atomic mass is 16.5. The number of benzene rings is 1. The number of likely N-dealkylation sites (N-methyl/N-ethyl adjacent to an activating group) is 1. The summed E-state index contributed by atoms with van der Waals surface area (Å²) in [5.74, 6) is 1.70. The van der Waals surface area contributed by atoms with E-state index < -0.39 is 0 Å². The van der Waals surface area contributed by atoms with Gasteiger partial charge in [-0.15, -0.1) is 0 Å². The maximum Gasteiger partial charge on any atom is 0.251 e. The Balaban J connectivity index is 1.37. The van der Waals surface area contributed by atoms with Crippen LogP contribution in [0.2, 0.25) is 0 Å². The summed E-state index contributed by atoms with van der Waals surface area (Å²) in [5.41, 5.74) is 1.94. The van der Waals surface area contributed by atoms with Crippen molar-refractivity contribution in [1.29, 1.82) is 0 Å². The lowest BCUT2D eigenvalue weighted by molar-refractivity contribution is -0.118. The molecule has 5 rings (SSSR count). The van der Waals surface area contributed by atoms with Crippen molar-refractivity contribution >= 4 is 35.0 Å². The number of nitrogens with one attached hydrogen (secondary N) is 2. The van der Waals surface area contributed by atoms with Gasteiger partial charge in [-0.2, -0.15) is 4.98 Å². The quantitative estimate of drug-likeness (QED) is 0.615. The summed E-state index contributed by atoms with van der Waals surface area (Å²) < 4.78 is 5.61. The van der Waals surface area contributed by atoms with E-state index in [2.05, 4.69) is 32.5 Å². The third-order valence-electron chi connectivity index (χ3n) is 7.76. The summed E-state index contributed by atoms with van der Waals surface area (Å²) >= 11 is 0. The molecule has 2 fully saturated rings. The van der Waals surface area contributed by atoms with Gasteiger partial charge < -0.3 is 30.1 Å². The van der Waals surface area contributed by atoms with Crippen LogP contribution in [0.15, 0.2) is 24.4 Å². The molecule has 0 spiro atoms. The molecule has 0 radical (unpaired) electrons. The van der Waals surface area contributed by atoms with Crippen molar-refractivity contribution in [2.75, 3.05) is 56.0 Å². The molecule has 2 aromatic rings. The lowest BCUT2D eigenvalue weighted by Gasteiger charge is -2.30. The molecule has 10 nitrogen and oxygen atoms in total. The average molecular weight is 508 g/mol. The van der Waals surface area contributed by atoms with E-state index in [1.807, 2.05) is 6.07 Å². The molecule has 2 aliphatic heterocycles. The number of likely N-dealkylation sites (tertiary alicyclic amines) is 1. The van der Waals surface area contributed by atoms with Crippen LogP contribution in [-0.4, -0.2) is 79.6 Å². The largest absolute Gasteiger partial charge is 0.495 e. The Morgan fingerprint density at radius 3 is 2.68 bits per heavy atom. The number of hydrogen-bond acceptors (Lipinski definition) is 8. The van der Waals surface area contributed by atoms with Gasteiger partial charge in [-0.1, -0.05) is 12.8 Å². The topological polar surface area (TPSA) is 103 Å². The Morgan fingerprint density at radius 1 is 1.11 bits per heavy atom. The van der Waals surface area contributed by atoms with Gasteiger partial charge in [0.05, 0.1) is 19.0 Å². The van der Waals surface area contributed by atoms with E-state index in [-0.39, 0.29) is 17.9 Å². The molecule has 10 heteroatoms. The first-order valence-electron chi connectivity index (χ1n) is 13.3. The number of anilines is 4. The van der Waals surface area contributed by atoms with E-state index in [4.69, 9.17) is 9.72 Å². The molecule has 2 N–H and O–H groups in total. The van der Waals surface area contributed by atoms with Gasteiger partial charge in [0, 0.05) is 44.2 Å². The van der Waals surface area contributed by atoms with E-state index in [1.165, 1.54) is 12.8 Å². The highest BCUT2D eigenvalue weighted by Crippen LogP contribution is 2.37. The van der Waals surface area contributed by atoms with E-state index in [0.717, 1.165) is 50.3 Å². The lowest BCUT2D eigenvalue weighted by Crippen LogP contribution is -2.46. The summed E-state index contributed by atoms with van der Waals surface area (Å²) in [6, 6.07) is 5.88. The number of piperidine rings is 1. The van der Waals surface area contributed by atoms with Gasteiger partial charge in [-0.3, -0.25) is 9.59 Å². The number of fused-ring (bicyclic) bond motifs is 1. The Bertz CT molecular complexity index is 1150. The SMILES string of the molecule is COc1cc(C(=O)N[C@H]2CCCN(C)C2)ccc1Nc1ncc2c(n1)N(C1CCCC1)CCC(=O)N2C. The molecule has 1 aliphatic carbocycles. The molecule has 1 aromatic carbocycles. The van der Waals surface area contributed by atoms with E-state index >= 15 is 0 Å². The minimum Gasteiger partial charge on any atom is -0.495 e. The zero-order valence-corrected chi connectivity index (χ0v) is 22.0. The fourth-order valence-corrected chi connectivity index (χ4v) is 5.68. The van der Waals surface area contributed by atoms with Crippen molar-refractivity contribution in [2.24, 2.45) is 0 Å². The molecule has 0 unspecified atom stereocenters. The summed E-state index contributed by atoms with van der Waals surface area (Å²) in [4.78, 5) is 41.1. The molecule has 3 aliphatic rings. The zero-order chi connectivity index (χ0) is 25.9. The minimum atomic E-state index is -0.105. The fourth-order valence-electron chi connectivity index (χ4n) is 5.68. The molecular formula is C27H37N7O3. The average Bonchev–Trinajstić information content (AvgIpc) is 3.39. The Hall–Kier alpha value is -3.40. The number of rotatable bonds is 6. The smallest absolute Gasteiger partial charge is 0.251 e. The Labute approximate surface area is 218 Å². The second-order valence-electron chi connectivity index (χ2n) is 10.4. The molecule has 3 heterocycles. The van der Waals surface area contributed by atoms with Gasteiger partial charge in [-0.05, 0) is 57.5 Å². The highest BCUT2D eigenvalue weighted by molar-refractivity contribution is 5.97. The fraction of sp³-hybridized carbons (Fsp3) is 0.556. The summed E-state index contributed by atoms with van der Waals surface area (Å²) in [5, 5.41) is 6.42. The van der Waals surface area contributed by atoms with Crippen molar-refractivity contribution < 1.29 is 14.3 Å². The first kappa shape index (κ1) is 25.3. The second-order valence-corrected chi connectivity index (χ2v) is 10.4.